The second kappa shape index (κ2) is 7.29. The molecule has 0 aliphatic heterocycles. The second-order valence-electron chi connectivity index (χ2n) is 4.01. The molecule has 1 rings (SSSR count). The molecule has 0 amide bonds. The zero-order chi connectivity index (χ0) is 12.0. The van der Waals surface area contributed by atoms with Gasteiger partial charge in [0.15, 0.2) is 0 Å². The van der Waals surface area contributed by atoms with E-state index in [1.54, 1.807) is 12.1 Å². The highest BCUT2D eigenvalue weighted by Crippen LogP contribution is 2.19. The summed E-state index contributed by atoms with van der Waals surface area (Å²) in [6, 6.07) is 4.75. The number of alkyl halides is 1. The first-order valence-electron chi connectivity index (χ1n) is 5.71. The standard InChI is InChI=1S/C13H17BrClF/c1-2-4-11(14)6-3-5-10-9-12(15)7-8-13(10)16/h7-9,11H,2-6H2,1H3. The Morgan fingerprint density at radius 1 is 1.38 bits per heavy atom. The van der Waals surface area contributed by atoms with Crippen LogP contribution in [0.5, 0.6) is 0 Å². The van der Waals surface area contributed by atoms with Crippen molar-refractivity contribution in [2.24, 2.45) is 0 Å². The van der Waals surface area contributed by atoms with Crippen LogP contribution in [0.4, 0.5) is 4.39 Å². The Hall–Kier alpha value is -0.0800. The predicted molar refractivity (Wildman–Crippen MR) is 72.0 cm³/mol. The lowest BCUT2D eigenvalue weighted by Gasteiger charge is -2.08. The van der Waals surface area contributed by atoms with Gasteiger partial charge in [0.05, 0.1) is 0 Å². The van der Waals surface area contributed by atoms with Gasteiger partial charge in [0, 0.05) is 9.85 Å². The van der Waals surface area contributed by atoms with Crippen LogP contribution >= 0.6 is 27.5 Å². The largest absolute Gasteiger partial charge is 0.207 e. The minimum absolute atomic E-state index is 0.147. The lowest BCUT2D eigenvalue weighted by atomic mass is 10.1. The molecule has 1 aromatic carbocycles. The molecular formula is C13H17BrClF. The van der Waals surface area contributed by atoms with E-state index < -0.39 is 0 Å². The molecule has 0 spiro atoms. The Morgan fingerprint density at radius 3 is 2.81 bits per heavy atom. The molecule has 0 aliphatic carbocycles. The summed E-state index contributed by atoms with van der Waals surface area (Å²) < 4.78 is 13.4. The van der Waals surface area contributed by atoms with Gasteiger partial charge in [-0.2, -0.15) is 0 Å². The quantitative estimate of drug-likeness (QED) is 0.620. The minimum Gasteiger partial charge on any atom is -0.207 e. The zero-order valence-electron chi connectivity index (χ0n) is 9.48. The Bertz CT molecular complexity index is 328. The van der Waals surface area contributed by atoms with E-state index in [1.165, 1.54) is 18.9 Å². The van der Waals surface area contributed by atoms with Crippen LogP contribution in [0.2, 0.25) is 5.02 Å². The summed E-state index contributed by atoms with van der Waals surface area (Å²) in [5, 5.41) is 0.611. The first kappa shape index (κ1) is 14.0. The zero-order valence-corrected chi connectivity index (χ0v) is 11.8. The van der Waals surface area contributed by atoms with Crippen molar-refractivity contribution in [2.45, 2.75) is 43.9 Å². The molecular weight excluding hydrogens is 290 g/mol. The molecule has 0 saturated carbocycles. The molecule has 1 unspecified atom stereocenters. The van der Waals surface area contributed by atoms with Gasteiger partial charge >= 0.3 is 0 Å². The molecule has 16 heavy (non-hydrogen) atoms. The van der Waals surface area contributed by atoms with Crippen molar-refractivity contribution in [3.63, 3.8) is 0 Å². The number of halogens is 3. The van der Waals surface area contributed by atoms with E-state index in [9.17, 15) is 4.39 Å². The normalized spacial score (nSPS) is 12.8. The Labute approximate surface area is 110 Å². The van der Waals surface area contributed by atoms with Crippen LogP contribution in [0.25, 0.3) is 0 Å². The number of benzene rings is 1. The van der Waals surface area contributed by atoms with E-state index >= 15 is 0 Å². The van der Waals surface area contributed by atoms with Crippen LogP contribution in [0.3, 0.4) is 0 Å². The monoisotopic (exact) mass is 306 g/mol. The van der Waals surface area contributed by atoms with Gasteiger partial charge in [-0.05, 0) is 49.4 Å². The molecule has 0 aliphatic rings. The van der Waals surface area contributed by atoms with Gasteiger partial charge < -0.3 is 0 Å². The summed E-state index contributed by atoms with van der Waals surface area (Å²) in [4.78, 5) is 0.555. The highest BCUT2D eigenvalue weighted by molar-refractivity contribution is 9.09. The van der Waals surface area contributed by atoms with Crippen molar-refractivity contribution in [1.29, 1.82) is 0 Å². The van der Waals surface area contributed by atoms with Gasteiger partial charge in [-0.3, -0.25) is 0 Å². The Morgan fingerprint density at radius 2 is 2.12 bits per heavy atom. The third kappa shape index (κ3) is 4.84. The lowest BCUT2D eigenvalue weighted by molar-refractivity contribution is 0.593. The van der Waals surface area contributed by atoms with Crippen LogP contribution in [0.1, 0.15) is 38.2 Å². The van der Waals surface area contributed by atoms with E-state index in [1.807, 2.05) is 0 Å². The summed E-state index contributed by atoms with van der Waals surface area (Å²) in [6.07, 6.45) is 5.20. The van der Waals surface area contributed by atoms with Gasteiger partial charge in [-0.1, -0.05) is 40.9 Å². The molecule has 1 aromatic rings. The Balaban J connectivity index is 2.39. The number of hydrogen-bond acceptors (Lipinski definition) is 0. The molecule has 0 heterocycles. The third-order valence-electron chi connectivity index (χ3n) is 2.57. The minimum atomic E-state index is -0.147. The van der Waals surface area contributed by atoms with E-state index in [2.05, 4.69) is 22.9 Å². The molecule has 3 heteroatoms. The Kier molecular flexibility index (Phi) is 6.37. The van der Waals surface area contributed by atoms with Gasteiger partial charge in [-0.15, -0.1) is 0 Å². The summed E-state index contributed by atoms with van der Waals surface area (Å²) in [6.45, 7) is 2.17. The second-order valence-corrected chi connectivity index (χ2v) is 5.75. The molecule has 0 fully saturated rings. The van der Waals surface area contributed by atoms with Crippen LogP contribution in [-0.2, 0) is 6.42 Å². The first-order chi connectivity index (χ1) is 7.63. The average Bonchev–Trinajstić information content (AvgIpc) is 2.23. The fourth-order valence-electron chi connectivity index (χ4n) is 1.71. The summed E-state index contributed by atoms with van der Waals surface area (Å²) >= 11 is 9.46. The maximum absolute atomic E-state index is 13.4. The number of rotatable bonds is 6. The first-order valence-corrected chi connectivity index (χ1v) is 7.01. The third-order valence-corrected chi connectivity index (χ3v) is 3.72. The predicted octanol–water partition coefficient (Wildman–Crippen LogP) is 5.37. The summed E-state index contributed by atoms with van der Waals surface area (Å²) in [7, 11) is 0. The fourth-order valence-corrected chi connectivity index (χ4v) is 2.68. The molecule has 0 aromatic heterocycles. The van der Waals surface area contributed by atoms with Crippen LogP contribution < -0.4 is 0 Å². The maximum Gasteiger partial charge on any atom is 0.126 e. The smallest absolute Gasteiger partial charge is 0.126 e. The van der Waals surface area contributed by atoms with Crippen molar-refractivity contribution in [3.05, 3.63) is 34.6 Å². The van der Waals surface area contributed by atoms with Crippen LogP contribution in [0, 0.1) is 5.82 Å². The van der Waals surface area contributed by atoms with Crippen molar-refractivity contribution < 1.29 is 4.39 Å². The van der Waals surface area contributed by atoms with Crippen molar-refractivity contribution in [3.8, 4) is 0 Å². The topological polar surface area (TPSA) is 0 Å². The van der Waals surface area contributed by atoms with Gasteiger partial charge in [-0.25, -0.2) is 4.39 Å². The van der Waals surface area contributed by atoms with Crippen molar-refractivity contribution >= 4 is 27.5 Å². The van der Waals surface area contributed by atoms with E-state index in [0.717, 1.165) is 24.8 Å². The molecule has 0 saturated heterocycles. The van der Waals surface area contributed by atoms with Crippen molar-refractivity contribution in [2.75, 3.05) is 0 Å². The lowest BCUT2D eigenvalue weighted by Crippen LogP contribution is -1.99. The molecule has 0 N–H and O–H groups in total. The highest BCUT2D eigenvalue weighted by Gasteiger charge is 2.06. The van der Waals surface area contributed by atoms with E-state index in [-0.39, 0.29) is 5.82 Å². The van der Waals surface area contributed by atoms with Gasteiger partial charge in [0.2, 0.25) is 0 Å². The summed E-state index contributed by atoms with van der Waals surface area (Å²) in [5.41, 5.74) is 0.726. The average molecular weight is 308 g/mol. The van der Waals surface area contributed by atoms with Crippen LogP contribution in [0.15, 0.2) is 18.2 Å². The van der Waals surface area contributed by atoms with Crippen LogP contribution in [-0.4, -0.2) is 4.83 Å². The van der Waals surface area contributed by atoms with Gasteiger partial charge in [0.1, 0.15) is 5.82 Å². The molecule has 0 nitrogen and oxygen atoms in total. The fraction of sp³-hybridized carbons (Fsp3) is 0.538. The van der Waals surface area contributed by atoms with Gasteiger partial charge in [0.25, 0.3) is 0 Å². The summed E-state index contributed by atoms with van der Waals surface area (Å²) in [5.74, 6) is -0.147. The molecule has 90 valence electrons. The van der Waals surface area contributed by atoms with Crippen molar-refractivity contribution in [1.82, 2.24) is 0 Å². The molecule has 0 bridgehead atoms. The molecule has 0 radical (unpaired) electrons. The number of aryl methyl sites for hydroxylation is 1. The van der Waals surface area contributed by atoms with E-state index in [4.69, 9.17) is 11.6 Å². The maximum atomic E-state index is 13.4. The highest BCUT2D eigenvalue weighted by atomic mass is 79.9. The van der Waals surface area contributed by atoms with E-state index in [0.29, 0.717) is 9.85 Å². The SMILES string of the molecule is CCCC(Br)CCCc1cc(Cl)ccc1F. The molecule has 1 atom stereocenters. The number of hydrogen-bond donors (Lipinski definition) is 0.